The highest BCUT2D eigenvalue weighted by atomic mass is 32.2. The molecule has 0 spiro atoms. The van der Waals surface area contributed by atoms with Crippen LogP contribution in [0.25, 0.3) is 0 Å². The Labute approximate surface area is 184 Å². The lowest BCUT2D eigenvalue weighted by Crippen LogP contribution is -2.27. The quantitative estimate of drug-likeness (QED) is 0.576. The number of anilines is 2. The van der Waals surface area contributed by atoms with Crippen LogP contribution in [0.3, 0.4) is 0 Å². The zero-order chi connectivity index (χ0) is 22.4. The first-order chi connectivity index (χ1) is 14.9. The van der Waals surface area contributed by atoms with Crippen LogP contribution in [0.5, 0.6) is 0 Å². The molecule has 0 radical (unpaired) electrons. The van der Waals surface area contributed by atoms with Crippen molar-refractivity contribution >= 4 is 35.1 Å². The Kier molecular flexibility index (Phi) is 6.90. The predicted molar refractivity (Wildman–Crippen MR) is 121 cm³/mol. The number of benzene rings is 2. The summed E-state index contributed by atoms with van der Waals surface area (Å²) in [6, 6.07) is 21.6. The van der Waals surface area contributed by atoms with Gasteiger partial charge in [0.15, 0.2) is 0 Å². The van der Waals surface area contributed by atoms with E-state index in [9.17, 15) is 14.9 Å². The first-order valence-corrected chi connectivity index (χ1v) is 10.3. The highest BCUT2D eigenvalue weighted by Crippen LogP contribution is 2.38. The molecule has 8 heteroatoms. The van der Waals surface area contributed by atoms with Crippen molar-refractivity contribution in [3.63, 3.8) is 0 Å². The number of nitrogens with one attached hydrogen (secondary N) is 1. The number of nitrogens with zero attached hydrogens (tertiary/aromatic N) is 3. The van der Waals surface area contributed by atoms with Crippen LogP contribution in [0.15, 0.2) is 71.8 Å². The predicted octanol–water partition coefficient (Wildman–Crippen LogP) is 3.71. The summed E-state index contributed by atoms with van der Waals surface area (Å²) in [5.41, 5.74) is 7.71. The molecule has 1 unspecified atom stereocenters. The zero-order valence-corrected chi connectivity index (χ0v) is 17.9. The third-order valence-corrected chi connectivity index (χ3v) is 5.65. The second kappa shape index (κ2) is 9.78. The molecule has 3 N–H and O–H groups in total. The summed E-state index contributed by atoms with van der Waals surface area (Å²) in [6.07, 6.45) is 0. The van der Waals surface area contributed by atoms with Crippen LogP contribution in [0.2, 0.25) is 0 Å². The maximum atomic E-state index is 12.8. The molecule has 3 rings (SSSR count). The van der Waals surface area contributed by atoms with Gasteiger partial charge >= 0.3 is 0 Å². The summed E-state index contributed by atoms with van der Waals surface area (Å²) in [6.45, 7) is 0. The topological polar surface area (TPSA) is 112 Å². The number of hydrogen-bond donors (Lipinski definition) is 2. The first-order valence-electron chi connectivity index (χ1n) is 9.40. The van der Waals surface area contributed by atoms with Crippen molar-refractivity contribution in [1.29, 1.82) is 5.26 Å². The highest BCUT2D eigenvalue weighted by molar-refractivity contribution is 8.00. The van der Waals surface area contributed by atoms with E-state index in [0.717, 1.165) is 17.3 Å². The number of aromatic nitrogens is 1. The third kappa shape index (κ3) is 5.21. The number of nitriles is 1. The molecule has 2 aromatic carbocycles. The van der Waals surface area contributed by atoms with Gasteiger partial charge in [0.05, 0.1) is 11.1 Å². The van der Waals surface area contributed by atoms with Crippen molar-refractivity contribution in [2.75, 3.05) is 25.1 Å². The molecule has 0 aliphatic rings. The second-order valence-corrected chi connectivity index (χ2v) is 7.94. The Morgan fingerprint density at radius 3 is 2.29 bits per heavy atom. The molecule has 0 aliphatic carbocycles. The number of carbonyl (C=O) groups excluding carboxylic acids is 2. The molecule has 0 bridgehead atoms. The Bertz CT molecular complexity index is 1130. The van der Waals surface area contributed by atoms with E-state index in [1.54, 1.807) is 38.4 Å². The van der Waals surface area contributed by atoms with Gasteiger partial charge in [-0.25, -0.2) is 4.98 Å². The number of carbonyl (C=O) groups is 2. The van der Waals surface area contributed by atoms with Crippen LogP contribution in [0.1, 0.15) is 26.7 Å². The van der Waals surface area contributed by atoms with Crippen molar-refractivity contribution in [2.24, 2.45) is 0 Å². The molecule has 1 atom stereocenters. The summed E-state index contributed by atoms with van der Waals surface area (Å²) < 4.78 is 0. The van der Waals surface area contributed by atoms with Crippen LogP contribution >= 0.6 is 11.8 Å². The monoisotopic (exact) mass is 431 g/mol. The minimum atomic E-state index is -0.612. The number of nitrogen functional groups attached to an aromatic ring is 1. The lowest BCUT2D eigenvalue weighted by molar-refractivity contribution is -0.128. The van der Waals surface area contributed by atoms with Gasteiger partial charge in [-0.2, -0.15) is 5.26 Å². The summed E-state index contributed by atoms with van der Waals surface area (Å²) in [5, 5.41) is 12.1. The molecule has 1 heterocycles. The lowest BCUT2D eigenvalue weighted by Gasteiger charge is -2.21. The lowest BCUT2D eigenvalue weighted by atomic mass is 10.1. The van der Waals surface area contributed by atoms with E-state index in [2.05, 4.69) is 16.4 Å². The van der Waals surface area contributed by atoms with Gasteiger partial charge in [0, 0.05) is 19.8 Å². The van der Waals surface area contributed by atoms with Crippen LogP contribution in [-0.4, -0.2) is 35.8 Å². The Morgan fingerprint density at radius 2 is 1.71 bits per heavy atom. The van der Waals surface area contributed by atoms with Crippen LogP contribution < -0.4 is 11.1 Å². The fourth-order valence-electron chi connectivity index (χ4n) is 2.82. The third-order valence-electron chi connectivity index (χ3n) is 4.41. The largest absolute Gasteiger partial charge is 0.383 e. The number of rotatable bonds is 6. The molecule has 0 fully saturated rings. The van der Waals surface area contributed by atoms with E-state index >= 15 is 0 Å². The summed E-state index contributed by atoms with van der Waals surface area (Å²) in [4.78, 5) is 31.2. The van der Waals surface area contributed by atoms with Gasteiger partial charge < -0.3 is 16.0 Å². The highest BCUT2D eigenvalue weighted by Gasteiger charge is 2.26. The van der Waals surface area contributed by atoms with Crippen molar-refractivity contribution in [3.05, 3.63) is 83.4 Å². The number of nitrogens with two attached hydrogens (primary N) is 1. The maximum Gasteiger partial charge on any atom is 0.259 e. The van der Waals surface area contributed by atoms with Gasteiger partial charge in [0.2, 0.25) is 5.91 Å². The van der Waals surface area contributed by atoms with Crippen molar-refractivity contribution in [1.82, 2.24) is 9.88 Å². The molecule has 0 saturated carbocycles. The summed E-state index contributed by atoms with van der Waals surface area (Å²) in [7, 11) is 3.34. The zero-order valence-electron chi connectivity index (χ0n) is 17.1. The molecular weight excluding hydrogens is 410 g/mol. The fourth-order valence-corrected chi connectivity index (χ4v) is 4.03. The van der Waals surface area contributed by atoms with Gasteiger partial charge in [-0.05, 0) is 23.8 Å². The minimum absolute atomic E-state index is 0.0148. The van der Waals surface area contributed by atoms with E-state index < -0.39 is 11.2 Å². The number of thioether (sulfide) groups is 1. The average molecular weight is 432 g/mol. The van der Waals surface area contributed by atoms with Gasteiger partial charge in [-0.15, -0.1) is 0 Å². The van der Waals surface area contributed by atoms with E-state index in [0.29, 0.717) is 10.7 Å². The summed E-state index contributed by atoms with van der Waals surface area (Å²) in [5.74, 6) is -0.626. The average Bonchev–Trinajstić information content (AvgIpc) is 2.78. The molecule has 0 saturated heterocycles. The fraction of sp³-hybridized carbons (Fsp3) is 0.130. The molecule has 156 valence electrons. The van der Waals surface area contributed by atoms with Crippen molar-refractivity contribution < 1.29 is 9.59 Å². The SMILES string of the molecule is CN(C)C(=O)C(Sc1nc(N)c(C(=O)Nc2ccccc2)cc1C#N)c1ccccc1. The maximum absolute atomic E-state index is 12.8. The molecule has 7 nitrogen and oxygen atoms in total. The van der Waals surface area contributed by atoms with Gasteiger partial charge in [-0.3, -0.25) is 9.59 Å². The number of likely N-dealkylation sites (N-methyl/N-ethyl adjacent to an activating group) is 1. The Balaban J connectivity index is 1.94. The number of amides is 2. The van der Waals surface area contributed by atoms with Crippen LogP contribution in [-0.2, 0) is 4.79 Å². The van der Waals surface area contributed by atoms with Crippen LogP contribution in [0.4, 0.5) is 11.5 Å². The smallest absolute Gasteiger partial charge is 0.259 e. The van der Waals surface area contributed by atoms with Crippen molar-refractivity contribution in [3.8, 4) is 6.07 Å². The van der Waals surface area contributed by atoms with Crippen LogP contribution in [0, 0.1) is 11.3 Å². The molecule has 2 amide bonds. The number of hydrogen-bond acceptors (Lipinski definition) is 6. The molecular formula is C23H21N5O2S. The van der Waals surface area contributed by atoms with Gasteiger partial charge in [0.25, 0.3) is 5.91 Å². The Morgan fingerprint density at radius 1 is 1.10 bits per heavy atom. The number of para-hydroxylation sites is 1. The van der Waals surface area contributed by atoms with Crippen molar-refractivity contribution in [2.45, 2.75) is 10.3 Å². The van der Waals surface area contributed by atoms with E-state index in [1.807, 2.05) is 36.4 Å². The minimum Gasteiger partial charge on any atom is -0.383 e. The molecule has 31 heavy (non-hydrogen) atoms. The first kappa shape index (κ1) is 21.9. The summed E-state index contributed by atoms with van der Waals surface area (Å²) >= 11 is 1.13. The molecule has 3 aromatic rings. The normalized spacial score (nSPS) is 11.3. The number of pyridine rings is 1. The molecule has 1 aromatic heterocycles. The van der Waals surface area contributed by atoms with E-state index in [1.165, 1.54) is 11.0 Å². The second-order valence-electron chi connectivity index (χ2n) is 6.85. The molecule has 0 aliphatic heterocycles. The van der Waals surface area contributed by atoms with E-state index in [4.69, 9.17) is 5.73 Å². The standard InChI is InChI=1S/C23H21N5O2S/c1-28(2)23(30)19(15-9-5-3-6-10-15)31-22-16(14-24)13-18(20(25)27-22)21(29)26-17-11-7-4-8-12-17/h3-13,19H,1-2H3,(H2,25,27)(H,26,29). The van der Waals surface area contributed by atoms with E-state index in [-0.39, 0.29) is 22.9 Å². The Hall–Kier alpha value is -3.83. The van der Waals surface area contributed by atoms with Gasteiger partial charge in [-0.1, -0.05) is 60.3 Å². The van der Waals surface area contributed by atoms with Gasteiger partial charge in [0.1, 0.15) is 22.2 Å².